The molecule has 0 radical (unpaired) electrons. The molecule has 6 nitrogen and oxygen atoms in total. The molecular weight excluding hydrogens is 446 g/mol. The molecule has 4 heterocycles. The van der Waals surface area contributed by atoms with Crippen molar-refractivity contribution >= 4 is 5.91 Å². The van der Waals surface area contributed by atoms with Gasteiger partial charge in [-0.3, -0.25) is 9.69 Å². The molecule has 2 unspecified atom stereocenters. The van der Waals surface area contributed by atoms with Gasteiger partial charge in [-0.25, -0.2) is 4.98 Å². The zero-order valence-corrected chi connectivity index (χ0v) is 21.7. The van der Waals surface area contributed by atoms with E-state index in [1.165, 1.54) is 36.9 Å². The average Bonchev–Trinajstić information content (AvgIpc) is 3.35. The van der Waals surface area contributed by atoms with Gasteiger partial charge in [-0.05, 0) is 57.4 Å². The molecule has 1 aromatic carbocycles. The van der Waals surface area contributed by atoms with Crippen LogP contribution in [-0.4, -0.2) is 50.4 Å². The molecule has 3 aliphatic rings. The van der Waals surface area contributed by atoms with Crippen molar-refractivity contribution in [2.75, 3.05) is 13.1 Å². The molecule has 2 bridgehead atoms. The Morgan fingerprint density at radius 3 is 2.64 bits per heavy atom. The largest absolute Gasteiger partial charge is 0.336 e. The number of hydrogen-bond acceptors (Lipinski definition) is 4. The quantitative estimate of drug-likeness (QED) is 0.417. The van der Waals surface area contributed by atoms with Gasteiger partial charge in [0.15, 0.2) is 0 Å². The number of rotatable bonds is 9. The van der Waals surface area contributed by atoms with E-state index in [9.17, 15) is 4.79 Å². The molecule has 2 fully saturated rings. The van der Waals surface area contributed by atoms with Crippen LogP contribution >= 0.6 is 0 Å². The van der Waals surface area contributed by atoms with Crippen molar-refractivity contribution < 1.29 is 4.79 Å². The lowest BCUT2D eigenvalue weighted by Gasteiger charge is -2.41. The molecule has 1 amide bonds. The Bertz CT molecular complexity index is 1070. The van der Waals surface area contributed by atoms with E-state index in [0.717, 1.165) is 56.7 Å². The molecule has 1 aromatic heterocycles. The van der Waals surface area contributed by atoms with Gasteiger partial charge in [0.1, 0.15) is 5.82 Å². The van der Waals surface area contributed by atoms with E-state index in [2.05, 4.69) is 52.6 Å². The van der Waals surface area contributed by atoms with Gasteiger partial charge in [-0.1, -0.05) is 30.3 Å². The first kappa shape index (κ1) is 25.0. The molecule has 0 aliphatic carbocycles. The monoisotopic (exact) mass is 487 g/mol. The van der Waals surface area contributed by atoms with Crippen molar-refractivity contribution in [1.82, 2.24) is 19.4 Å². The summed E-state index contributed by atoms with van der Waals surface area (Å²) in [5.41, 5.74) is 10.2. The third-order valence-electron chi connectivity index (χ3n) is 8.69. The fraction of sp³-hybridized carbons (Fsp3) is 0.600. The number of carbonyl (C=O) groups is 1. The van der Waals surface area contributed by atoms with Crippen LogP contribution in [0.3, 0.4) is 0 Å². The number of imidazole rings is 1. The lowest BCUT2D eigenvalue weighted by molar-refractivity contribution is -0.132. The molecule has 192 valence electrons. The summed E-state index contributed by atoms with van der Waals surface area (Å²) >= 11 is 0. The summed E-state index contributed by atoms with van der Waals surface area (Å²) in [6.07, 6.45) is 15.4. The fourth-order valence-electron chi connectivity index (χ4n) is 6.88. The van der Waals surface area contributed by atoms with E-state index in [4.69, 9.17) is 17.1 Å². The SMILES string of the molecule is C#CCCCCC(=O)N1CCc2c(nc(C)n2C2CC3CCC(C2)N3CC[C@H](N)c2ccccc2)C1. The Labute approximate surface area is 216 Å². The first-order valence-corrected chi connectivity index (χ1v) is 13.9. The predicted molar refractivity (Wildman–Crippen MR) is 143 cm³/mol. The van der Waals surface area contributed by atoms with Crippen LogP contribution in [0.25, 0.3) is 0 Å². The average molecular weight is 488 g/mol. The maximum atomic E-state index is 12.7. The van der Waals surface area contributed by atoms with Crippen molar-refractivity contribution in [1.29, 1.82) is 0 Å². The first-order chi connectivity index (χ1) is 17.5. The lowest BCUT2D eigenvalue weighted by atomic mass is 9.95. The molecule has 0 saturated carbocycles. The highest BCUT2D eigenvalue weighted by molar-refractivity contribution is 5.76. The number of hydrogen-bond donors (Lipinski definition) is 1. The van der Waals surface area contributed by atoms with Gasteiger partial charge in [0, 0.05) is 62.2 Å². The predicted octanol–water partition coefficient (Wildman–Crippen LogP) is 4.53. The minimum atomic E-state index is 0.106. The van der Waals surface area contributed by atoms with Gasteiger partial charge >= 0.3 is 0 Å². The smallest absolute Gasteiger partial charge is 0.222 e. The molecule has 2 N–H and O–H groups in total. The minimum Gasteiger partial charge on any atom is -0.336 e. The summed E-state index contributed by atoms with van der Waals surface area (Å²) in [5, 5.41) is 0. The second kappa shape index (κ2) is 11.2. The van der Waals surface area contributed by atoms with Crippen LogP contribution in [0.1, 0.15) is 92.6 Å². The van der Waals surface area contributed by atoms with Gasteiger partial charge in [-0.15, -0.1) is 12.3 Å². The first-order valence-electron chi connectivity index (χ1n) is 13.9. The minimum absolute atomic E-state index is 0.106. The highest BCUT2D eigenvalue weighted by atomic mass is 16.2. The Kier molecular flexibility index (Phi) is 7.79. The van der Waals surface area contributed by atoms with Crippen LogP contribution in [0.2, 0.25) is 0 Å². The van der Waals surface area contributed by atoms with Crippen LogP contribution in [0.4, 0.5) is 0 Å². The second-order valence-electron chi connectivity index (χ2n) is 11.0. The molecule has 2 saturated heterocycles. The molecular formula is C30H41N5O. The van der Waals surface area contributed by atoms with Crippen LogP contribution in [0.5, 0.6) is 0 Å². The van der Waals surface area contributed by atoms with Crippen LogP contribution < -0.4 is 5.73 Å². The zero-order chi connectivity index (χ0) is 25.1. The van der Waals surface area contributed by atoms with Gasteiger partial charge in [0.2, 0.25) is 5.91 Å². The maximum absolute atomic E-state index is 12.7. The highest BCUT2D eigenvalue weighted by Crippen LogP contribution is 2.42. The van der Waals surface area contributed by atoms with Gasteiger partial charge < -0.3 is 15.2 Å². The van der Waals surface area contributed by atoms with E-state index in [0.29, 0.717) is 31.1 Å². The topological polar surface area (TPSA) is 67.4 Å². The number of aryl methyl sites for hydroxylation is 1. The Balaban J connectivity index is 1.19. The summed E-state index contributed by atoms with van der Waals surface area (Å²) in [5.74, 6) is 4.02. The summed E-state index contributed by atoms with van der Waals surface area (Å²) in [6.45, 7) is 4.68. The summed E-state index contributed by atoms with van der Waals surface area (Å²) in [7, 11) is 0. The molecule has 2 aromatic rings. The summed E-state index contributed by atoms with van der Waals surface area (Å²) in [4.78, 5) is 22.4. The molecule has 36 heavy (non-hydrogen) atoms. The van der Waals surface area contributed by atoms with Crippen molar-refractivity contribution in [2.24, 2.45) is 5.73 Å². The summed E-state index contributed by atoms with van der Waals surface area (Å²) < 4.78 is 2.54. The number of fused-ring (bicyclic) bond motifs is 3. The Hall–Kier alpha value is -2.62. The van der Waals surface area contributed by atoms with Crippen LogP contribution in [-0.2, 0) is 17.8 Å². The number of amides is 1. The van der Waals surface area contributed by atoms with Crippen molar-refractivity contribution in [3.05, 3.63) is 53.1 Å². The van der Waals surface area contributed by atoms with Crippen LogP contribution in [0, 0.1) is 19.3 Å². The normalized spacial score (nSPS) is 24.4. The molecule has 3 aliphatic heterocycles. The number of nitrogens with two attached hydrogens (primary N) is 1. The molecule has 6 heteroatoms. The van der Waals surface area contributed by atoms with E-state index in [1.54, 1.807) is 0 Å². The van der Waals surface area contributed by atoms with Gasteiger partial charge in [-0.2, -0.15) is 0 Å². The zero-order valence-electron chi connectivity index (χ0n) is 21.7. The van der Waals surface area contributed by atoms with Crippen molar-refractivity contribution in [3.8, 4) is 12.3 Å². The molecule has 3 atom stereocenters. The van der Waals surface area contributed by atoms with E-state index < -0.39 is 0 Å². The number of aromatic nitrogens is 2. The highest BCUT2D eigenvalue weighted by Gasteiger charge is 2.42. The Morgan fingerprint density at radius 1 is 1.17 bits per heavy atom. The van der Waals surface area contributed by atoms with Crippen molar-refractivity contribution in [3.63, 3.8) is 0 Å². The third-order valence-corrected chi connectivity index (χ3v) is 8.69. The number of unbranched alkanes of at least 4 members (excludes halogenated alkanes) is 2. The fourth-order valence-corrected chi connectivity index (χ4v) is 6.88. The Morgan fingerprint density at radius 2 is 1.92 bits per heavy atom. The summed E-state index contributed by atoms with van der Waals surface area (Å²) in [6, 6.07) is 12.4. The number of benzene rings is 1. The number of piperidine rings is 1. The van der Waals surface area contributed by atoms with E-state index >= 15 is 0 Å². The molecule has 0 spiro atoms. The second-order valence-corrected chi connectivity index (χ2v) is 11.0. The van der Waals surface area contributed by atoms with Crippen molar-refractivity contribution in [2.45, 2.75) is 102 Å². The number of nitrogens with zero attached hydrogens (tertiary/aromatic N) is 4. The van der Waals surface area contributed by atoms with Crippen LogP contribution in [0.15, 0.2) is 30.3 Å². The maximum Gasteiger partial charge on any atom is 0.222 e. The van der Waals surface area contributed by atoms with Gasteiger partial charge in [0.25, 0.3) is 0 Å². The number of terminal acetylenes is 1. The number of carbonyl (C=O) groups excluding carboxylic acids is 1. The standard InChI is InChI=1S/C30H41N5O/c1-3-4-5-9-12-30(36)33-17-16-29-28(21-33)32-22(2)35(29)26-19-24-13-14-25(20-26)34(24)18-15-27(31)23-10-7-6-8-11-23/h1,6-8,10-11,24-27H,4-5,9,12-21,31H2,2H3/t24?,25?,26?,27-/m0/s1. The lowest BCUT2D eigenvalue weighted by Crippen LogP contribution is -2.45. The van der Waals surface area contributed by atoms with Gasteiger partial charge in [0.05, 0.1) is 12.2 Å². The third kappa shape index (κ3) is 5.23. The van der Waals surface area contributed by atoms with E-state index in [-0.39, 0.29) is 11.9 Å². The van der Waals surface area contributed by atoms with E-state index in [1.807, 2.05) is 4.90 Å². The molecule has 5 rings (SSSR count).